The number of hydrogen-bond acceptors (Lipinski definition) is 3. The van der Waals surface area contributed by atoms with Crippen molar-refractivity contribution in [1.29, 1.82) is 0 Å². The average Bonchev–Trinajstić information content (AvgIpc) is 2.68. The number of hydrogen-bond donors (Lipinski definition) is 1. The Bertz CT molecular complexity index is 513. The molecule has 0 aliphatic carbocycles. The highest BCUT2D eigenvalue weighted by Gasteiger charge is 2.14. The van der Waals surface area contributed by atoms with Crippen LogP contribution in [-0.4, -0.2) is 31.3 Å². The van der Waals surface area contributed by atoms with E-state index in [1.165, 1.54) is 16.3 Å². The predicted molar refractivity (Wildman–Crippen MR) is 72.6 cm³/mol. The van der Waals surface area contributed by atoms with Crippen LogP contribution in [0, 0.1) is 5.92 Å². The molecule has 0 bridgehead atoms. The Morgan fingerprint density at radius 1 is 1.33 bits per heavy atom. The number of ether oxygens (including phenoxy) is 1. The van der Waals surface area contributed by atoms with Crippen molar-refractivity contribution in [3.05, 3.63) is 42.2 Å². The van der Waals surface area contributed by atoms with Gasteiger partial charge in [-0.05, 0) is 29.4 Å². The van der Waals surface area contributed by atoms with Gasteiger partial charge in [-0.1, -0.05) is 18.2 Å². The molecule has 0 unspecified atom stereocenters. The molecule has 2 heterocycles. The van der Waals surface area contributed by atoms with Gasteiger partial charge in [0.25, 0.3) is 0 Å². The first-order valence-electron chi connectivity index (χ1n) is 6.53. The fourth-order valence-electron chi connectivity index (χ4n) is 2.57. The van der Waals surface area contributed by atoms with Crippen LogP contribution >= 0.6 is 0 Å². The summed E-state index contributed by atoms with van der Waals surface area (Å²) in [7, 11) is 0. The standard InChI is InChI=1S/C15H18N2O/c1-2-13(8-12-9-17-6-7-18-11-12)15-4-5-16-10-14(15)3-1/h1-5,10,12,17H,6-9,11H2/t12-/m0/s1. The molecule has 1 saturated heterocycles. The Morgan fingerprint density at radius 2 is 2.33 bits per heavy atom. The Kier molecular flexibility index (Phi) is 3.53. The lowest BCUT2D eigenvalue weighted by Gasteiger charge is -2.15. The van der Waals surface area contributed by atoms with E-state index in [1.807, 2.05) is 12.4 Å². The molecule has 18 heavy (non-hydrogen) atoms. The zero-order valence-corrected chi connectivity index (χ0v) is 10.4. The van der Waals surface area contributed by atoms with E-state index in [9.17, 15) is 0 Å². The van der Waals surface area contributed by atoms with E-state index in [0.29, 0.717) is 5.92 Å². The number of aromatic nitrogens is 1. The van der Waals surface area contributed by atoms with Crippen LogP contribution in [-0.2, 0) is 11.2 Å². The van der Waals surface area contributed by atoms with Crippen LogP contribution in [0.4, 0.5) is 0 Å². The minimum atomic E-state index is 0.561. The monoisotopic (exact) mass is 242 g/mol. The van der Waals surface area contributed by atoms with Crippen LogP contribution in [0.2, 0.25) is 0 Å². The topological polar surface area (TPSA) is 34.1 Å². The van der Waals surface area contributed by atoms with E-state index in [4.69, 9.17) is 4.74 Å². The van der Waals surface area contributed by atoms with Crippen molar-refractivity contribution in [2.75, 3.05) is 26.3 Å². The van der Waals surface area contributed by atoms with E-state index in [0.717, 1.165) is 32.7 Å². The third-order valence-corrected chi connectivity index (χ3v) is 3.49. The summed E-state index contributed by atoms with van der Waals surface area (Å²) in [5, 5.41) is 5.96. The Labute approximate surface area is 107 Å². The third-order valence-electron chi connectivity index (χ3n) is 3.49. The molecule has 1 aromatic carbocycles. The molecule has 3 rings (SSSR count). The molecule has 1 aliphatic heterocycles. The molecule has 1 atom stereocenters. The number of benzene rings is 1. The lowest BCUT2D eigenvalue weighted by Crippen LogP contribution is -2.24. The minimum absolute atomic E-state index is 0.561. The van der Waals surface area contributed by atoms with Gasteiger partial charge in [0.2, 0.25) is 0 Å². The van der Waals surface area contributed by atoms with Crippen molar-refractivity contribution >= 4 is 10.8 Å². The van der Waals surface area contributed by atoms with Crippen LogP contribution in [0.25, 0.3) is 10.8 Å². The maximum absolute atomic E-state index is 5.62. The number of fused-ring (bicyclic) bond motifs is 1. The van der Waals surface area contributed by atoms with Gasteiger partial charge in [0.05, 0.1) is 13.2 Å². The van der Waals surface area contributed by atoms with Gasteiger partial charge in [-0.15, -0.1) is 0 Å². The Balaban J connectivity index is 1.85. The van der Waals surface area contributed by atoms with Crippen LogP contribution in [0.1, 0.15) is 5.56 Å². The van der Waals surface area contributed by atoms with E-state index < -0.39 is 0 Å². The summed E-state index contributed by atoms with van der Waals surface area (Å²) in [6, 6.07) is 8.56. The largest absolute Gasteiger partial charge is 0.380 e. The van der Waals surface area contributed by atoms with Gasteiger partial charge in [0, 0.05) is 30.9 Å². The number of nitrogens with one attached hydrogen (secondary N) is 1. The van der Waals surface area contributed by atoms with Crippen molar-refractivity contribution in [2.45, 2.75) is 6.42 Å². The summed E-state index contributed by atoms with van der Waals surface area (Å²) < 4.78 is 5.62. The second kappa shape index (κ2) is 5.46. The Hall–Kier alpha value is -1.45. The van der Waals surface area contributed by atoms with Gasteiger partial charge in [-0.3, -0.25) is 4.98 Å². The van der Waals surface area contributed by atoms with Crippen molar-refractivity contribution in [3.8, 4) is 0 Å². The summed E-state index contributed by atoms with van der Waals surface area (Å²) in [6.07, 6.45) is 4.86. The van der Waals surface area contributed by atoms with Crippen LogP contribution < -0.4 is 5.32 Å². The Morgan fingerprint density at radius 3 is 3.33 bits per heavy atom. The van der Waals surface area contributed by atoms with Gasteiger partial charge >= 0.3 is 0 Å². The molecular weight excluding hydrogens is 224 g/mol. The first kappa shape index (κ1) is 11.6. The van der Waals surface area contributed by atoms with Gasteiger partial charge in [-0.25, -0.2) is 0 Å². The van der Waals surface area contributed by atoms with E-state index in [-0.39, 0.29) is 0 Å². The minimum Gasteiger partial charge on any atom is -0.380 e. The molecule has 1 aliphatic rings. The average molecular weight is 242 g/mol. The number of nitrogens with zero attached hydrogens (tertiary/aromatic N) is 1. The van der Waals surface area contributed by atoms with Crippen molar-refractivity contribution < 1.29 is 4.74 Å². The molecule has 2 aromatic rings. The molecule has 94 valence electrons. The van der Waals surface area contributed by atoms with Crippen molar-refractivity contribution in [1.82, 2.24) is 10.3 Å². The summed E-state index contributed by atoms with van der Waals surface area (Å²) >= 11 is 0. The van der Waals surface area contributed by atoms with Crippen LogP contribution in [0.5, 0.6) is 0 Å². The molecule has 0 spiro atoms. The smallest absolute Gasteiger partial charge is 0.0591 e. The summed E-state index contributed by atoms with van der Waals surface area (Å²) in [4.78, 5) is 4.18. The number of rotatable bonds is 2. The van der Waals surface area contributed by atoms with E-state index in [1.54, 1.807) is 0 Å². The van der Waals surface area contributed by atoms with Gasteiger partial charge < -0.3 is 10.1 Å². The highest BCUT2D eigenvalue weighted by molar-refractivity contribution is 5.84. The second-order valence-corrected chi connectivity index (χ2v) is 4.86. The molecule has 0 amide bonds. The second-order valence-electron chi connectivity index (χ2n) is 4.86. The normalized spacial score (nSPS) is 20.8. The zero-order chi connectivity index (χ0) is 12.2. The number of pyridine rings is 1. The van der Waals surface area contributed by atoms with Crippen molar-refractivity contribution in [3.63, 3.8) is 0 Å². The molecular formula is C15H18N2O. The van der Waals surface area contributed by atoms with E-state index in [2.05, 4.69) is 34.6 Å². The maximum Gasteiger partial charge on any atom is 0.0591 e. The summed E-state index contributed by atoms with van der Waals surface area (Å²) in [5.41, 5.74) is 1.40. The maximum atomic E-state index is 5.62. The van der Waals surface area contributed by atoms with Crippen LogP contribution in [0.3, 0.4) is 0 Å². The van der Waals surface area contributed by atoms with Gasteiger partial charge in [0.15, 0.2) is 0 Å². The molecule has 1 fully saturated rings. The first-order valence-corrected chi connectivity index (χ1v) is 6.53. The SMILES string of the molecule is c1cc(C[C@H]2CNCCOC2)c2ccncc2c1. The van der Waals surface area contributed by atoms with Crippen LogP contribution in [0.15, 0.2) is 36.7 Å². The molecule has 0 radical (unpaired) electrons. The first-order chi connectivity index (χ1) is 8.93. The summed E-state index contributed by atoms with van der Waals surface area (Å²) in [5.74, 6) is 0.561. The van der Waals surface area contributed by atoms with Gasteiger partial charge in [0.1, 0.15) is 0 Å². The molecule has 1 aromatic heterocycles. The molecule has 3 heteroatoms. The fourth-order valence-corrected chi connectivity index (χ4v) is 2.57. The molecule has 0 saturated carbocycles. The highest BCUT2D eigenvalue weighted by atomic mass is 16.5. The quantitative estimate of drug-likeness (QED) is 0.874. The van der Waals surface area contributed by atoms with Gasteiger partial charge in [-0.2, -0.15) is 0 Å². The molecule has 3 nitrogen and oxygen atoms in total. The third kappa shape index (κ3) is 2.52. The lowest BCUT2D eigenvalue weighted by atomic mass is 9.96. The fraction of sp³-hybridized carbons (Fsp3) is 0.400. The molecule has 1 N–H and O–H groups in total. The van der Waals surface area contributed by atoms with E-state index >= 15 is 0 Å². The highest BCUT2D eigenvalue weighted by Crippen LogP contribution is 2.20. The predicted octanol–water partition coefficient (Wildman–Crippen LogP) is 2.01. The summed E-state index contributed by atoms with van der Waals surface area (Å²) in [6.45, 7) is 3.70. The zero-order valence-electron chi connectivity index (χ0n) is 10.4. The lowest BCUT2D eigenvalue weighted by molar-refractivity contribution is 0.123. The van der Waals surface area contributed by atoms with Crippen molar-refractivity contribution in [2.24, 2.45) is 5.92 Å².